The minimum Gasteiger partial charge on any atom is -0.465 e. The van der Waals surface area contributed by atoms with Crippen LogP contribution in [0.25, 0.3) is 0 Å². The minimum atomic E-state index is -0.866. The van der Waals surface area contributed by atoms with Crippen molar-refractivity contribution in [3.63, 3.8) is 0 Å². The summed E-state index contributed by atoms with van der Waals surface area (Å²) in [6.45, 7) is 6.17. The van der Waals surface area contributed by atoms with Gasteiger partial charge in [-0.1, -0.05) is 43.7 Å². The van der Waals surface area contributed by atoms with Crippen LogP contribution in [0.5, 0.6) is 0 Å². The van der Waals surface area contributed by atoms with Crippen LogP contribution in [0.15, 0.2) is 35.9 Å². The van der Waals surface area contributed by atoms with Gasteiger partial charge in [0.1, 0.15) is 0 Å². The number of likely N-dealkylation sites (tertiary alicyclic amines) is 1. The molecule has 0 aliphatic carbocycles. The van der Waals surface area contributed by atoms with Crippen LogP contribution < -0.4 is 0 Å². The molecule has 1 N–H and O–H groups in total. The highest BCUT2D eigenvalue weighted by Gasteiger charge is 2.36. The van der Waals surface area contributed by atoms with Crippen LogP contribution in [0.1, 0.15) is 25.8 Å². The van der Waals surface area contributed by atoms with Crippen molar-refractivity contribution < 1.29 is 14.7 Å². The molecule has 0 bridgehead atoms. The molecule has 5 nitrogen and oxygen atoms in total. The molecule has 2 aliphatic rings. The first-order chi connectivity index (χ1) is 12.3. The lowest BCUT2D eigenvalue weighted by Crippen LogP contribution is -2.42. The molecular formula is C20H25ClN2O3. The summed E-state index contributed by atoms with van der Waals surface area (Å²) in [4.78, 5) is 27.6. The Kier molecular flexibility index (Phi) is 5.28. The molecule has 0 radical (unpaired) electrons. The second-order valence-corrected chi connectivity index (χ2v) is 8.31. The van der Waals surface area contributed by atoms with E-state index in [9.17, 15) is 9.59 Å². The van der Waals surface area contributed by atoms with Gasteiger partial charge in [0, 0.05) is 42.5 Å². The van der Waals surface area contributed by atoms with Crippen LogP contribution in [-0.4, -0.2) is 53.1 Å². The van der Waals surface area contributed by atoms with Crippen molar-refractivity contribution in [2.75, 3.05) is 26.2 Å². The van der Waals surface area contributed by atoms with Gasteiger partial charge in [0.05, 0.1) is 0 Å². The number of carbonyl (C=O) groups excluding carboxylic acids is 1. The average Bonchev–Trinajstić information content (AvgIpc) is 2.88. The van der Waals surface area contributed by atoms with Crippen LogP contribution in [-0.2, 0) is 11.2 Å². The van der Waals surface area contributed by atoms with E-state index >= 15 is 0 Å². The topological polar surface area (TPSA) is 60.9 Å². The molecule has 2 aliphatic heterocycles. The standard InChI is InChI=1S/C20H25ClN2O3/c1-20(2,11-14-4-3-5-17(21)10-14)18(24)22-8-6-15-12-23(19(25)26)13-16(15)7-9-22/h3-6,10,16H,7-9,11-13H2,1-2H3,(H,25,26)/t16-/m1/s1. The summed E-state index contributed by atoms with van der Waals surface area (Å²) in [6.07, 6.45) is 2.63. The molecule has 1 saturated heterocycles. The fraction of sp³-hybridized carbons (Fsp3) is 0.500. The molecule has 0 spiro atoms. The Labute approximate surface area is 159 Å². The smallest absolute Gasteiger partial charge is 0.407 e. The first-order valence-electron chi connectivity index (χ1n) is 8.97. The van der Waals surface area contributed by atoms with Gasteiger partial charge in [-0.2, -0.15) is 0 Å². The molecule has 1 fully saturated rings. The van der Waals surface area contributed by atoms with E-state index in [0.29, 0.717) is 37.6 Å². The van der Waals surface area contributed by atoms with Crippen LogP contribution in [0.3, 0.4) is 0 Å². The van der Waals surface area contributed by atoms with Gasteiger partial charge in [-0.25, -0.2) is 4.79 Å². The first kappa shape index (κ1) is 18.8. The molecule has 1 atom stereocenters. The fourth-order valence-electron chi connectivity index (χ4n) is 3.93. The average molecular weight is 377 g/mol. The fourth-order valence-corrected chi connectivity index (χ4v) is 4.14. The largest absolute Gasteiger partial charge is 0.465 e. The molecule has 1 aromatic carbocycles. The van der Waals surface area contributed by atoms with Crippen LogP contribution in [0.4, 0.5) is 4.79 Å². The predicted molar refractivity (Wildman–Crippen MR) is 101 cm³/mol. The Balaban J connectivity index is 1.67. The van der Waals surface area contributed by atoms with Crippen LogP contribution in [0, 0.1) is 11.3 Å². The van der Waals surface area contributed by atoms with Gasteiger partial charge >= 0.3 is 6.09 Å². The van der Waals surface area contributed by atoms with Gasteiger partial charge in [-0.15, -0.1) is 0 Å². The van der Waals surface area contributed by atoms with E-state index in [1.165, 1.54) is 4.90 Å². The van der Waals surface area contributed by atoms with Crippen molar-refractivity contribution in [3.05, 3.63) is 46.5 Å². The molecular weight excluding hydrogens is 352 g/mol. The van der Waals surface area contributed by atoms with Gasteiger partial charge in [-0.05, 0) is 36.1 Å². The van der Waals surface area contributed by atoms with Crippen molar-refractivity contribution in [1.29, 1.82) is 0 Å². The van der Waals surface area contributed by atoms with Gasteiger partial charge in [-0.3, -0.25) is 4.79 Å². The van der Waals surface area contributed by atoms with Crippen molar-refractivity contribution in [3.8, 4) is 0 Å². The van der Waals surface area contributed by atoms with Gasteiger partial charge in [0.25, 0.3) is 0 Å². The molecule has 1 aromatic rings. The third kappa shape index (κ3) is 4.04. The number of carbonyl (C=O) groups is 2. The second-order valence-electron chi connectivity index (χ2n) is 7.87. The summed E-state index contributed by atoms with van der Waals surface area (Å²) in [6, 6.07) is 7.64. The number of nitrogens with zero attached hydrogens (tertiary/aromatic N) is 2. The molecule has 26 heavy (non-hydrogen) atoms. The molecule has 2 heterocycles. The normalized spacial score (nSPS) is 20.4. The highest BCUT2D eigenvalue weighted by molar-refractivity contribution is 6.30. The zero-order valence-electron chi connectivity index (χ0n) is 15.2. The summed E-state index contributed by atoms with van der Waals surface area (Å²) in [7, 11) is 0. The Morgan fingerprint density at radius 1 is 1.31 bits per heavy atom. The van der Waals surface area contributed by atoms with Crippen molar-refractivity contribution >= 4 is 23.6 Å². The third-order valence-corrected chi connectivity index (χ3v) is 5.57. The minimum absolute atomic E-state index is 0.129. The van der Waals surface area contributed by atoms with Crippen LogP contribution >= 0.6 is 11.6 Å². The number of hydrogen-bond acceptors (Lipinski definition) is 2. The van der Waals surface area contributed by atoms with Crippen molar-refractivity contribution in [2.24, 2.45) is 11.3 Å². The lowest BCUT2D eigenvalue weighted by atomic mass is 9.84. The summed E-state index contributed by atoms with van der Waals surface area (Å²) < 4.78 is 0. The number of hydrogen-bond donors (Lipinski definition) is 1. The van der Waals surface area contributed by atoms with E-state index < -0.39 is 11.5 Å². The summed E-state index contributed by atoms with van der Waals surface area (Å²) in [5.41, 5.74) is 1.68. The van der Waals surface area contributed by atoms with E-state index in [4.69, 9.17) is 16.7 Å². The van der Waals surface area contributed by atoms with E-state index in [2.05, 4.69) is 0 Å². The molecule has 6 heteroatoms. The predicted octanol–water partition coefficient (Wildman–Crippen LogP) is 3.68. The number of amides is 2. The maximum Gasteiger partial charge on any atom is 0.407 e. The Morgan fingerprint density at radius 3 is 2.77 bits per heavy atom. The Hall–Kier alpha value is -2.01. The molecule has 3 rings (SSSR count). The van der Waals surface area contributed by atoms with E-state index in [1.54, 1.807) is 0 Å². The molecule has 0 unspecified atom stereocenters. The first-order valence-corrected chi connectivity index (χ1v) is 9.35. The number of halogens is 1. The third-order valence-electron chi connectivity index (χ3n) is 5.33. The Morgan fingerprint density at radius 2 is 2.08 bits per heavy atom. The van der Waals surface area contributed by atoms with Gasteiger partial charge in [0.15, 0.2) is 0 Å². The monoisotopic (exact) mass is 376 g/mol. The van der Waals surface area contributed by atoms with E-state index in [1.807, 2.05) is 49.1 Å². The Bertz CT molecular complexity index is 744. The molecule has 140 valence electrons. The number of benzene rings is 1. The van der Waals surface area contributed by atoms with Crippen LogP contribution in [0.2, 0.25) is 5.02 Å². The molecule has 0 saturated carbocycles. The SMILES string of the molecule is CC(C)(Cc1cccc(Cl)c1)C(=O)N1CC=C2CN(C(=O)O)C[C@H]2CC1. The summed E-state index contributed by atoms with van der Waals surface area (Å²) in [5, 5.41) is 9.84. The highest BCUT2D eigenvalue weighted by atomic mass is 35.5. The van der Waals surface area contributed by atoms with Gasteiger partial charge in [0.2, 0.25) is 5.91 Å². The van der Waals surface area contributed by atoms with Crippen molar-refractivity contribution in [1.82, 2.24) is 9.80 Å². The zero-order valence-corrected chi connectivity index (χ0v) is 16.0. The quantitative estimate of drug-likeness (QED) is 0.818. The number of rotatable bonds is 3. The zero-order chi connectivity index (χ0) is 18.9. The van der Waals surface area contributed by atoms with E-state index in [0.717, 1.165) is 17.6 Å². The molecule has 0 aromatic heterocycles. The maximum atomic E-state index is 13.1. The lowest BCUT2D eigenvalue weighted by molar-refractivity contribution is -0.139. The number of carboxylic acid groups (broad SMARTS) is 1. The second kappa shape index (κ2) is 7.31. The molecule has 2 amide bonds. The van der Waals surface area contributed by atoms with Gasteiger partial charge < -0.3 is 14.9 Å². The highest BCUT2D eigenvalue weighted by Crippen LogP contribution is 2.31. The number of fused-ring (bicyclic) bond motifs is 1. The summed E-state index contributed by atoms with van der Waals surface area (Å²) in [5.74, 6) is 0.365. The lowest BCUT2D eigenvalue weighted by Gasteiger charge is -2.31. The summed E-state index contributed by atoms with van der Waals surface area (Å²) >= 11 is 6.06. The van der Waals surface area contributed by atoms with Crippen molar-refractivity contribution in [2.45, 2.75) is 26.7 Å². The van der Waals surface area contributed by atoms with E-state index in [-0.39, 0.29) is 11.8 Å². The maximum absolute atomic E-state index is 13.1.